The van der Waals surface area contributed by atoms with Gasteiger partial charge in [0.2, 0.25) is 0 Å². The number of rotatable bonds is 18. The van der Waals surface area contributed by atoms with Crippen LogP contribution in [0, 0.1) is 23.7 Å². The number of hydrogen-bond donors (Lipinski definition) is 0. The Morgan fingerprint density at radius 1 is 0.611 bits per heavy atom. The van der Waals surface area contributed by atoms with Crippen molar-refractivity contribution in [2.45, 2.75) is 78.8 Å². The highest BCUT2D eigenvalue weighted by Crippen LogP contribution is 2.17. The van der Waals surface area contributed by atoms with Crippen molar-refractivity contribution in [3.05, 3.63) is 36.5 Å². The molecule has 0 bridgehead atoms. The molecule has 0 aromatic carbocycles. The molecule has 36 heavy (non-hydrogen) atoms. The van der Waals surface area contributed by atoms with Gasteiger partial charge in [0.05, 0.1) is 39.6 Å². The van der Waals surface area contributed by atoms with Gasteiger partial charge in [-0.15, -0.1) is 0 Å². The molecule has 0 N–H and O–H groups in total. The molecule has 0 spiro atoms. The van der Waals surface area contributed by atoms with Gasteiger partial charge in [-0.1, -0.05) is 64.2 Å². The van der Waals surface area contributed by atoms with Crippen molar-refractivity contribution in [2.24, 2.45) is 23.7 Å². The Balaban J connectivity index is 1.63. The van der Waals surface area contributed by atoms with Gasteiger partial charge in [-0.05, 0) is 50.4 Å². The highest BCUT2D eigenvalue weighted by molar-refractivity contribution is 4.92. The van der Waals surface area contributed by atoms with Crippen LogP contribution >= 0.6 is 0 Å². The first-order valence-corrected chi connectivity index (χ1v) is 14.2. The molecule has 2 rings (SSSR count). The summed E-state index contributed by atoms with van der Waals surface area (Å²) in [6.07, 6.45) is 19.4. The zero-order chi connectivity index (χ0) is 25.8. The second-order valence-corrected chi connectivity index (χ2v) is 10.6. The molecule has 4 atom stereocenters. The minimum atomic E-state index is -0.0643. The van der Waals surface area contributed by atoms with Crippen LogP contribution in [-0.2, 0) is 28.4 Å². The Kier molecular flexibility index (Phi) is 17.3. The summed E-state index contributed by atoms with van der Waals surface area (Å²) in [6, 6.07) is 0. The van der Waals surface area contributed by atoms with Crippen LogP contribution in [0.3, 0.4) is 0 Å². The molecular formula is C30H52O6. The van der Waals surface area contributed by atoms with E-state index in [4.69, 9.17) is 28.4 Å². The van der Waals surface area contributed by atoms with Crippen LogP contribution in [0.4, 0.5) is 0 Å². The fraction of sp³-hybridized carbons (Fsp3) is 0.800. The Morgan fingerprint density at radius 3 is 1.42 bits per heavy atom. The van der Waals surface area contributed by atoms with Crippen LogP contribution in [0.2, 0.25) is 0 Å². The van der Waals surface area contributed by atoms with Crippen molar-refractivity contribution < 1.29 is 28.4 Å². The lowest BCUT2D eigenvalue weighted by molar-refractivity contribution is -0.169. The maximum atomic E-state index is 5.99. The van der Waals surface area contributed by atoms with E-state index in [1.165, 1.54) is 12.8 Å². The van der Waals surface area contributed by atoms with E-state index in [0.717, 1.165) is 38.9 Å². The molecule has 2 fully saturated rings. The SMILES string of the molecule is CC(C)/C=C/[C@H](COC/C=C/COC[C@@H](/C=C/C(C)C)COC1CCCCO1)COC1CCCCO1. The summed E-state index contributed by atoms with van der Waals surface area (Å²) in [6.45, 7) is 14.0. The smallest absolute Gasteiger partial charge is 0.157 e. The molecular weight excluding hydrogens is 456 g/mol. The average Bonchev–Trinajstić information content (AvgIpc) is 2.88. The van der Waals surface area contributed by atoms with E-state index in [1.807, 2.05) is 12.2 Å². The standard InChI is InChI=1S/C30H52O6/c1-25(2)13-15-27(23-35-29-11-5-7-19-33-29)21-31-17-9-10-18-32-22-28(16-14-26(3)4)24-36-30-12-6-8-20-34-30/h9-10,13-16,25-30H,5-8,11-12,17-24H2,1-4H3/b10-9+,15-13+,16-14+/t27-,28-,29?,30?/m1/s1. The van der Waals surface area contributed by atoms with Crippen LogP contribution in [0.15, 0.2) is 36.5 Å². The zero-order valence-corrected chi connectivity index (χ0v) is 23.3. The summed E-state index contributed by atoms with van der Waals surface area (Å²) in [5, 5.41) is 0. The molecule has 6 heteroatoms. The number of hydrogen-bond acceptors (Lipinski definition) is 6. The number of ether oxygens (including phenoxy) is 6. The lowest BCUT2D eigenvalue weighted by Gasteiger charge is -2.24. The lowest BCUT2D eigenvalue weighted by Crippen LogP contribution is -2.26. The second kappa shape index (κ2) is 20.0. The van der Waals surface area contributed by atoms with Gasteiger partial charge in [0.25, 0.3) is 0 Å². The molecule has 6 nitrogen and oxygen atoms in total. The fourth-order valence-corrected chi connectivity index (χ4v) is 3.94. The van der Waals surface area contributed by atoms with Gasteiger partial charge in [0.15, 0.2) is 12.6 Å². The second-order valence-electron chi connectivity index (χ2n) is 10.6. The summed E-state index contributed by atoms with van der Waals surface area (Å²) < 4.78 is 35.2. The molecule has 0 amide bonds. The van der Waals surface area contributed by atoms with Crippen LogP contribution in [0.25, 0.3) is 0 Å². The van der Waals surface area contributed by atoms with E-state index in [-0.39, 0.29) is 24.4 Å². The van der Waals surface area contributed by atoms with E-state index in [1.54, 1.807) is 0 Å². The summed E-state index contributed by atoms with van der Waals surface area (Å²) in [5.41, 5.74) is 0. The quantitative estimate of drug-likeness (QED) is 0.160. The molecule has 0 aromatic heterocycles. The first kappa shape index (κ1) is 31.2. The molecule has 2 heterocycles. The Hall–Kier alpha value is -1.02. The third kappa shape index (κ3) is 16.0. The molecule has 0 aliphatic carbocycles. The molecule has 0 radical (unpaired) electrons. The summed E-state index contributed by atoms with van der Waals surface area (Å²) in [5.74, 6) is 1.47. The Labute approximate surface area is 220 Å². The highest BCUT2D eigenvalue weighted by atomic mass is 16.7. The van der Waals surface area contributed by atoms with Crippen molar-refractivity contribution in [3.8, 4) is 0 Å². The van der Waals surface area contributed by atoms with E-state index >= 15 is 0 Å². The summed E-state index contributed by atoms with van der Waals surface area (Å²) in [7, 11) is 0. The number of allylic oxidation sites excluding steroid dienone is 2. The topological polar surface area (TPSA) is 55.4 Å². The van der Waals surface area contributed by atoms with Gasteiger partial charge >= 0.3 is 0 Å². The maximum Gasteiger partial charge on any atom is 0.157 e. The van der Waals surface area contributed by atoms with Gasteiger partial charge in [0.1, 0.15) is 0 Å². The van der Waals surface area contributed by atoms with Crippen molar-refractivity contribution >= 4 is 0 Å². The van der Waals surface area contributed by atoms with Crippen molar-refractivity contribution in [1.29, 1.82) is 0 Å². The first-order chi connectivity index (χ1) is 17.5. The Bertz CT molecular complexity index is 551. The third-order valence-electron chi connectivity index (χ3n) is 6.06. The highest BCUT2D eigenvalue weighted by Gasteiger charge is 2.17. The van der Waals surface area contributed by atoms with E-state index in [2.05, 4.69) is 52.0 Å². The minimum absolute atomic E-state index is 0.0643. The maximum absolute atomic E-state index is 5.99. The molecule has 208 valence electrons. The van der Waals surface area contributed by atoms with Gasteiger partial charge in [-0.2, -0.15) is 0 Å². The molecule has 2 unspecified atom stereocenters. The predicted molar refractivity (Wildman–Crippen MR) is 145 cm³/mol. The summed E-state index contributed by atoms with van der Waals surface area (Å²) >= 11 is 0. The minimum Gasteiger partial charge on any atom is -0.377 e. The third-order valence-corrected chi connectivity index (χ3v) is 6.06. The fourth-order valence-electron chi connectivity index (χ4n) is 3.94. The van der Waals surface area contributed by atoms with Crippen LogP contribution < -0.4 is 0 Å². The lowest BCUT2D eigenvalue weighted by atomic mass is 10.1. The molecule has 0 saturated carbocycles. The van der Waals surface area contributed by atoms with E-state index in [0.29, 0.717) is 51.5 Å². The Morgan fingerprint density at radius 2 is 1.06 bits per heavy atom. The first-order valence-electron chi connectivity index (χ1n) is 14.2. The average molecular weight is 509 g/mol. The van der Waals surface area contributed by atoms with Crippen molar-refractivity contribution in [3.63, 3.8) is 0 Å². The molecule has 2 aliphatic heterocycles. The van der Waals surface area contributed by atoms with Gasteiger partial charge in [-0.25, -0.2) is 0 Å². The molecule has 2 aliphatic rings. The van der Waals surface area contributed by atoms with Gasteiger partial charge < -0.3 is 28.4 Å². The largest absolute Gasteiger partial charge is 0.377 e. The van der Waals surface area contributed by atoms with Gasteiger partial charge in [0, 0.05) is 25.0 Å². The van der Waals surface area contributed by atoms with Crippen LogP contribution in [0.1, 0.15) is 66.2 Å². The van der Waals surface area contributed by atoms with E-state index < -0.39 is 0 Å². The summed E-state index contributed by atoms with van der Waals surface area (Å²) in [4.78, 5) is 0. The van der Waals surface area contributed by atoms with Gasteiger partial charge in [-0.3, -0.25) is 0 Å². The monoisotopic (exact) mass is 508 g/mol. The van der Waals surface area contributed by atoms with Crippen molar-refractivity contribution in [2.75, 3.05) is 52.9 Å². The predicted octanol–water partition coefficient (Wildman–Crippen LogP) is 6.32. The zero-order valence-electron chi connectivity index (χ0n) is 23.3. The van der Waals surface area contributed by atoms with Crippen LogP contribution in [0.5, 0.6) is 0 Å². The normalized spacial score (nSPS) is 23.5. The van der Waals surface area contributed by atoms with E-state index in [9.17, 15) is 0 Å². The van der Waals surface area contributed by atoms with Crippen molar-refractivity contribution in [1.82, 2.24) is 0 Å². The molecule has 2 saturated heterocycles. The van der Waals surface area contributed by atoms with Crippen LogP contribution in [-0.4, -0.2) is 65.4 Å². The molecule has 0 aromatic rings.